The van der Waals surface area contributed by atoms with Crippen LogP contribution < -0.4 is 10.5 Å². The van der Waals surface area contributed by atoms with Crippen LogP contribution in [0.2, 0.25) is 0 Å². The van der Waals surface area contributed by atoms with E-state index in [1.54, 1.807) is 6.92 Å². The summed E-state index contributed by atoms with van der Waals surface area (Å²) in [5.41, 5.74) is 6.61. The zero-order valence-electron chi connectivity index (χ0n) is 23.1. The van der Waals surface area contributed by atoms with E-state index in [-0.39, 0.29) is 54.4 Å². The molecule has 2 aromatic carbocycles. The summed E-state index contributed by atoms with van der Waals surface area (Å²) in [6.45, 7) is 9.53. The summed E-state index contributed by atoms with van der Waals surface area (Å²) in [7, 11) is 0. The van der Waals surface area contributed by atoms with Crippen molar-refractivity contribution in [2.75, 3.05) is 25.4 Å². The molecule has 6 rings (SSSR count). The largest absolute Gasteiger partial charge is 0.461 e. The number of aryl methyl sites for hydroxylation is 1. The summed E-state index contributed by atoms with van der Waals surface area (Å²) in [5, 5.41) is 10.4. The quantitative estimate of drug-likeness (QED) is 0.267. The predicted molar refractivity (Wildman–Crippen MR) is 153 cm³/mol. The fourth-order valence-electron chi connectivity index (χ4n) is 6.19. The van der Waals surface area contributed by atoms with Gasteiger partial charge >= 0.3 is 6.01 Å². The Labute approximate surface area is 235 Å². The number of nitrogen functional groups attached to an aromatic ring is 1. The van der Waals surface area contributed by atoms with E-state index in [1.165, 1.54) is 25.1 Å². The number of alkyl halides is 1. The van der Waals surface area contributed by atoms with Gasteiger partial charge < -0.3 is 10.5 Å². The van der Waals surface area contributed by atoms with Crippen LogP contribution in [0.25, 0.3) is 32.1 Å². The average Bonchev–Trinajstić information content (AvgIpc) is 3.62. The Hall–Kier alpha value is -3.42. The lowest BCUT2D eigenvalue weighted by atomic mass is 9.91. The van der Waals surface area contributed by atoms with Crippen LogP contribution >= 0.6 is 11.3 Å². The normalized spacial score (nSPS) is 16.9. The highest BCUT2D eigenvalue weighted by molar-refractivity contribution is 7.23. The molecule has 4 aromatic rings. The fraction of sp³-hybridized carbons (Fsp3) is 0.433. The number of ether oxygens (including phenoxy) is 1. The first-order chi connectivity index (χ1) is 19.2. The van der Waals surface area contributed by atoms with Gasteiger partial charge in [0.25, 0.3) is 0 Å². The van der Waals surface area contributed by atoms with E-state index < -0.39 is 17.8 Å². The number of nitrogens with zero attached hydrogens (tertiary/aromatic N) is 4. The number of rotatable bonds is 5. The molecule has 2 aliphatic heterocycles. The number of benzene rings is 2. The van der Waals surface area contributed by atoms with Crippen LogP contribution in [-0.4, -0.2) is 40.1 Å². The third-order valence-corrected chi connectivity index (χ3v) is 9.07. The molecule has 2 aromatic heterocycles. The highest BCUT2D eigenvalue weighted by Crippen LogP contribution is 2.45. The molecule has 0 amide bonds. The second-order valence-electron chi connectivity index (χ2n) is 10.2. The van der Waals surface area contributed by atoms with Crippen LogP contribution in [0.3, 0.4) is 0 Å². The summed E-state index contributed by atoms with van der Waals surface area (Å²) >= 11 is 0.907. The van der Waals surface area contributed by atoms with Crippen LogP contribution in [0.4, 0.5) is 18.2 Å². The Bertz CT molecular complexity index is 1630. The van der Waals surface area contributed by atoms with Gasteiger partial charge in [-0.2, -0.15) is 15.2 Å². The molecular weight excluding hydrogens is 535 g/mol. The Kier molecular flexibility index (Phi) is 7.64. The summed E-state index contributed by atoms with van der Waals surface area (Å²) in [4.78, 5) is 11.3. The first-order valence-electron chi connectivity index (χ1n) is 13.7. The zero-order chi connectivity index (χ0) is 28.8. The third-order valence-electron chi connectivity index (χ3n) is 8.04. The Morgan fingerprint density at radius 1 is 1.20 bits per heavy atom. The number of hydrogen-bond donors (Lipinski definition) is 1. The van der Waals surface area contributed by atoms with E-state index in [2.05, 4.69) is 14.9 Å². The molecular formula is C30H32F3N5OS. The highest BCUT2D eigenvalue weighted by atomic mass is 32.1. The standard InChI is InChI=1S/C28H26F3N5OS.C2H6/c1-14(29)17-11-18-15(2)34-27(37-13-28-7-3-9-36(28)10-4-8-28)35-24(18)23(31)21(17)16-5-6-20(30)25-22(16)19(12-32)26(33)38-25;1-2/h5-6,11,14H,3-4,7-10,13,33H2,1-2H3;1-2H3. The molecule has 210 valence electrons. The Balaban J connectivity index is 0.00000158. The van der Waals surface area contributed by atoms with Crippen LogP contribution in [0.5, 0.6) is 6.01 Å². The van der Waals surface area contributed by atoms with Gasteiger partial charge in [0.15, 0.2) is 5.82 Å². The van der Waals surface area contributed by atoms with Crippen LogP contribution in [-0.2, 0) is 0 Å². The number of thiophene rings is 1. The lowest BCUT2D eigenvalue weighted by molar-refractivity contribution is 0.107. The molecule has 2 N–H and O–H groups in total. The molecule has 0 spiro atoms. The second-order valence-corrected chi connectivity index (χ2v) is 11.3. The van der Waals surface area contributed by atoms with Gasteiger partial charge in [0.2, 0.25) is 0 Å². The monoisotopic (exact) mass is 567 g/mol. The number of nitriles is 1. The van der Waals surface area contributed by atoms with Gasteiger partial charge in [0.1, 0.15) is 35.2 Å². The van der Waals surface area contributed by atoms with Crippen LogP contribution in [0, 0.1) is 29.9 Å². The maximum Gasteiger partial charge on any atom is 0.317 e. The van der Waals surface area contributed by atoms with Gasteiger partial charge in [-0.1, -0.05) is 19.9 Å². The van der Waals surface area contributed by atoms with Crippen molar-refractivity contribution in [1.29, 1.82) is 5.26 Å². The van der Waals surface area contributed by atoms with Gasteiger partial charge in [-0.3, -0.25) is 4.90 Å². The summed E-state index contributed by atoms with van der Waals surface area (Å²) in [6.07, 6.45) is 2.76. The van der Waals surface area contributed by atoms with Crippen LogP contribution in [0.1, 0.15) is 69.4 Å². The minimum Gasteiger partial charge on any atom is -0.461 e. The molecule has 6 nitrogen and oxygen atoms in total. The molecule has 2 saturated heterocycles. The predicted octanol–water partition coefficient (Wildman–Crippen LogP) is 7.62. The van der Waals surface area contributed by atoms with Crippen molar-refractivity contribution < 1.29 is 17.9 Å². The summed E-state index contributed by atoms with van der Waals surface area (Å²) in [5.74, 6) is -1.36. The van der Waals surface area contributed by atoms with E-state index in [1.807, 2.05) is 19.9 Å². The second kappa shape index (κ2) is 10.9. The molecule has 10 heteroatoms. The van der Waals surface area contributed by atoms with Crippen molar-refractivity contribution in [3.63, 3.8) is 0 Å². The van der Waals surface area contributed by atoms with E-state index >= 15 is 4.39 Å². The maximum absolute atomic E-state index is 16.4. The molecule has 0 bridgehead atoms. The molecule has 0 saturated carbocycles. The number of anilines is 1. The average molecular weight is 568 g/mol. The number of halogens is 3. The highest BCUT2D eigenvalue weighted by Gasteiger charge is 2.45. The molecule has 2 aliphatic rings. The fourth-order valence-corrected chi connectivity index (χ4v) is 7.14. The molecule has 0 aliphatic carbocycles. The first-order valence-corrected chi connectivity index (χ1v) is 14.5. The minimum absolute atomic E-state index is 0.0155. The number of fused-ring (bicyclic) bond motifs is 3. The minimum atomic E-state index is -1.56. The maximum atomic E-state index is 16.4. The molecule has 4 heterocycles. The van der Waals surface area contributed by atoms with Gasteiger partial charge in [-0.25, -0.2) is 13.2 Å². The van der Waals surface area contributed by atoms with Crippen molar-refractivity contribution in [3.8, 4) is 23.2 Å². The van der Waals surface area contributed by atoms with Crippen molar-refractivity contribution in [2.45, 2.75) is 65.1 Å². The van der Waals surface area contributed by atoms with Crippen molar-refractivity contribution in [1.82, 2.24) is 14.9 Å². The topological polar surface area (TPSA) is 88.1 Å². The summed E-state index contributed by atoms with van der Waals surface area (Å²) in [6, 6.07) is 6.13. The summed E-state index contributed by atoms with van der Waals surface area (Å²) < 4.78 is 52.3. The van der Waals surface area contributed by atoms with Gasteiger partial charge in [-0.05, 0) is 75.9 Å². The molecule has 40 heavy (non-hydrogen) atoms. The molecule has 0 radical (unpaired) electrons. The lowest BCUT2D eigenvalue weighted by Crippen LogP contribution is -2.43. The molecule has 1 unspecified atom stereocenters. The van der Waals surface area contributed by atoms with E-state index in [0.29, 0.717) is 17.7 Å². The smallest absolute Gasteiger partial charge is 0.317 e. The van der Waals surface area contributed by atoms with Crippen molar-refractivity contribution in [3.05, 3.63) is 46.7 Å². The van der Waals surface area contributed by atoms with E-state index in [9.17, 15) is 14.0 Å². The number of hydrogen-bond acceptors (Lipinski definition) is 7. The van der Waals surface area contributed by atoms with Gasteiger partial charge in [-0.15, -0.1) is 11.3 Å². The third kappa shape index (κ3) is 4.45. The van der Waals surface area contributed by atoms with Gasteiger partial charge in [0, 0.05) is 16.3 Å². The van der Waals surface area contributed by atoms with Crippen LogP contribution in [0.15, 0.2) is 18.2 Å². The molecule has 1 atom stereocenters. The Morgan fingerprint density at radius 3 is 2.55 bits per heavy atom. The van der Waals surface area contributed by atoms with Crippen molar-refractivity contribution >= 4 is 37.3 Å². The zero-order valence-corrected chi connectivity index (χ0v) is 23.9. The first kappa shape index (κ1) is 28.1. The van der Waals surface area contributed by atoms with E-state index in [4.69, 9.17) is 10.5 Å². The lowest BCUT2D eigenvalue weighted by Gasteiger charge is -2.31. The SMILES string of the molecule is CC.Cc1nc(OCC23CCCN2CCC3)nc2c(F)c(-c3ccc(F)c4sc(N)c(C#N)c34)c(C(C)F)cc12. The Morgan fingerprint density at radius 2 is 1.90 bits per heavy atom. The van der Waals surface area contributed by atoms with Crippen molar-refractivity contribution in [2.24, 2.45) is 0 Å². The number of aromatic nitrogens is 2. The molecule has 2 fully saturated rings. The number of nitrogens with two attached hydrogens (primary N) is 1. The van der Waals surface area contributed by atoms with Gasteiger partial charge in [0.05, 0.1) is 21.5 Å². The van der Waals surface area contributed by atoms with E-state index in [0.717, 1.165) is 50.1 Å².